The smallest absolute Gasteiger partial charge is 0.0504 e. The predicted molar refractivity (Wildman–Crippen MR) is 72.4 cm³/mol. The molecule has 94 valence electrons. The van der Waals surface area contributed by atoms with E-state index in [1.165, 1.54) is 5.56 Å². The fourth-order valence-electron chi connectivity index (χ4n) is 1.95. The summed E-state index contributed by atoms with van der Waals surface area (Å²) in [5.41, 5.74) is 2.88. The van der Waals surface area contributed by atoms with Crippen molar-refractivity contribution in [1.29, 1.82) is 0 Å². The summed E-state index contributed by atoms with van der Waals surface area (Å²) in [4.78, 5) is 0. The van der Waals surface area contributed by atoms with E-state index in [1.54, 1.807) is 0 Å². The summed E-state index contributed by atoms with van der Waals surface area (Å²) in [5, 5.41) is 12.7. The summed E-state index contributed by atoms with van der Waals surface area (Å²) >= 11 is 0. The molecule has 1 aliphatic rings. The Kier molecular flexibility index (Phi) is 3.17. The first-order valence-corrected chi connectivity index (χ1v) is 6.41. The van der Waals surface area contributed by atoms with Crippen LogP contribution in [0.25, 0.3) is 0 Å². The molecule has 1 aromatic rings. The van der Waals surface area contributed by atoms with Crippen LogP contribution in [0.2, 0.25) is 0 Å². The number of anilines is 1. The van der Waals surface area contributed by atoms with E-state index in [4.69, 9.17) is 0 Å². The third kappa shape index (κ3) is 3.01. The first-order valence-electron chi connectivity index (χ1n) is 6.41. The summed E-state index contributed by atoms with van der Waals surface area (Å²) in [6.07, 6.45) is 2.30. The van der Waals surface area contributed by atoms with Gasteiger partial charge in [-0.3, -0.25) is 0 Å². The number of nitrogens with one attached hydrogen (secondary N) is 1. The van der Waals surface area contributed by atoms with E-state index in [0.717, 1.165) is 25.1 Å². The fourth-order valence-corrected chi connectivity index (χ4v) is 1.95. The lowest BCUT2D eigenvalue weighted by Crippen LogP contribution is -2.19. The molecule has 2 heteroatoms. The van der Waals surface area contributed by atoms with E-state index >= 15 is 0 Å². The standard InChI is InChI=1S/C15H23NO/c1-14(2,3)12-4-6-13(7-5-12)16-10-15(11-17)8-9-15/h4-7,16-17H,8-11H2,1-3H3. The molecule has 0 bridgehead atoms. The van der Waals surface area contributed by atoms with Crippen LogP contribution >= 0.6 is 0 Å². The molecule has 0 aromatic heterocycles. The number of hydrogen-bond acceptors (Lipinski definition) is 2. The molecule has 1 saturated carbocycles. The zero-order chi connectivity index (χ0) is 12.5. The summed E-state index contributed by atoms with van der Waals surface area (Å²) in [6.45, 7) is 7.86. The minimum absolute atomic E-state index is 0.169. The van der Waals surface area contributed by atoms with Crippen molar-refractivity contribution in [3.63, 3.8) is 0 Å². The summed E-state index contributed by atoms with van der Waals surface area (Å²) in [6, 6.07) is 8.63. The number of aliphatic hydroxyl groups excluding tert-OH is 1. The van der Waals surface area contributed by atoms with Gasteiger partial charge in [-0.2, -0.15) is 0 Å². The third-order valence-electron chi connectivity index (χ3n) is 3.71. The molecule has 1 fully saturated rings. The Balaban J connectivity index is 1.94. The van der Waals surface area contributed by atoms with E-state index in [2.05, 4.69) is 50.4 Å². The molecular formula is C15H23NO. The van der Waals surface area contributed by atoms with E-state index in [1.807, 2.05) is 0 Å². The highest BCUT2D eigenvalue weighted by Crippen LogP contribution is 2.44. The number of aliphatic hydroxyl groups is 1. The second-order valence-corrected chi connectivity index (χ2v) is 6.34. The average Bonchev–Trinajstić information content (AvgIpc) is 3.06. The van der Waals surface area contributed by atoms with Gasteiger partial charge in [0, 0.05) is 17.6 Å². The van der Waals surface area contributed by atoms with Crippen LogP contribution in [0.15, 0.2) is 24.3 Å². The first-order chi connectivity index (χ1) is 7.95. The van der Waals surface area contributed by atoms with E-state index in [0.29, 0.717) is 6.61 Å². The second kappa shape index (κ2) is 4.34. The average molecular weight is 233 g/mol. The largest absolute Gasteiger partial charge is 0.396 e. The van der Waals surface area contributed by atoms with Gasteiger partial charge < -0.3 is 10.4 Å². The van der Waals surface area contributed by atoms with Crippen LogP contribution in [0, 0.1) is 5.41 Å². The van der Waals surface area contributed by atoms with Gasteiger partial charge in [-0.15, -0.1) is 0 Å². The van der Waals surface area contributed by atoms with E-state index in [9.17, 15) is 5.11 Å². The van der Waals surface area contributed by atoms with Crippen LogP contribution in [0.1, 0.15) is 39.2 Å². The minimum Gasteiger partial charge on any atom is -0.396 e. The molecular weight excluding hydrogens is 210 g/mol. The Bertz CT molecular complexity index is 371. The van der Waals surface area contributed by atoms with Gasteiger partial charge in [0.2, 0.25) is 0 Å². The Morgan fingerprint density at radius 2 is 1.76 bits per heavy atom. The van der Waals surface area contributed by atoms with Crippen LogP contribution in [-0.4, -0.2) is 18.3 Å². The van der Waals surface area contributed by atoms with E-state index < -0.39 is 0 Å². The lowest BCUT2D eigenvalue weighted by atomic mass is 9.87. The highest BCUT2D eigenvalue weighted by atomic mass is 16.3. The summed E-state index contributed by atoms with van der Waals surface area (Å²) in [7, 11) is 0. The van der Waals surface area contributed by atoms with Crippen LogP contribution in [0.5, 0.6) is 0 Å². The van der Waals surface area contributed by atoms with Crippen LogP contribution in [-0.2, 0) is 5.41 Å². The summed E-state index contributed by atoms with van der Waals surface area (Å²) in [5.74, 6) is 0. The molecule has 0 atom stereocenters. The van der Waals surface area contributed by atoms with Gasteiger partial charge in [-0.1, -0.05) is 32.9 Å². The Morgan fingerprint density at radius 1 is 1.18 bits per heavy atom. The normalized spacial score (nSPS) is 17.9. The lowest BCUT2D eigenvalue weighted by Gasteiger charge is -2.20. The first kappa shape index (κ1) is 12.4. The molecule has 0 unspecified atom stereocenters. The highest BCUT2D eigenvalue weighted by Gasteiger charge is 2.41. The fraction of sp³-hybridized carbons (Fsp3) is 0.600. The van der Waals surface area contributed by atoms with Gasteiger partial charge in [-0.25, -0.2) is 0 Å². The van der Waals surface area contributed by atoms with Crippen molar-refractivity contribution in [2.75, 3.05) is 18.5 Å². The Labute approximate surface area is 104 Å². The van der Waals surface area contributed by atoms with Gasteiger partial charge in [0.25, 0.3) is 0 Å². The van der Waals surface area contributed by atoms with Gasteiger partial charge in [-0.05, 0) is 36.0 Å². The molecule has 17 heavy (non-hydrogen) atoms. The lowest BCUT2D eigenvalue weighted by molar-refractivity contribution is 0.220. The van der Waals surface area contributed by atoms with Crippen molar-refractivity contribution in [3.05, 3.63) is 29.8 Å². The monoisotopic (exact) mass is 233 g/mol. The second-order valence-electron chi connectivity index (χ2n) is 6.34. The molecule has 2 nitrogen and oxygen atoms in total. The van der Waals surface area contributed by atoms with Gasteiger partial charge in [0.1, 0.15) is 0 Å². The number of hydrogen-bond donors (Lipinski definition) is 2. The van der Waals surface area contributed by atoms with Crippen LogP contribution in [0.4, 0.5) is 5.69 Å². The van der Waals surface area contributed by atoms with Crippen molar-refractivity contribution < 1.29 is 5.11 Å². The molecule has 0 heterocycles. The highest BCUT2D eigenvalue weighted by molar-refractivity contribution is 5.46. The maximum Gasteiger partial charge on any atom is 0.0504 e. The summed E-state index contributed by atoms with van der Waals surface area (Å²) < 4.78 is 0. The molecule has 0 aliphatic heterocycles. The van der Waals surface area contributed by atoms with Crippen molar-refractivity contribution in [3.8, 4) is 0 Å². The molecule has 0 spiro atoms. The Hall–Kier alpha value is -1.02. The topological polar surface area (TPSA) is 32.3 Å². The zero-order valence-electron chi connectivity index (χ0n) is 11.1. The van der Waals surface area contributed by atoms with Crippen LogP contribution < -0.4 is 5.32 Å². The quantitative estimate of drug-likeness (QED) is 0.837. The van der Waals surface area contributed by atoms with Crippen molar-refractivity contribution in [1.82, 2.24) is 0 Å². The molecule has 2 N–H and O–H groups in total. The third-order valence-corrected chi connectivity index (χ3v) is 3.71. The molecule has 1 aromatic carbocycles. The van der Waals surface area contributed by atoms with Crippen molar-refractivity contribution >= 4 is 5.69 Å². The zero-order valence-corrected chi connectivity index (χ0v) is 11.1. The predicted octanol–water partition coefficient (Wildman–Crippen LogP) is 3.17. The number of rotatable bonds is 4. The minimum atomic E-state index is 0.169. The van der Waals surface area contributed by atoms with Crippen LogP contribution in [0.3, 0.4) is 0 Å². The molecule has 2 rings (SSSR count). The van der Waals surface area contributed by atoms with Crippen molar-refractivity contribution in [2.24, 2.45) is 5.41 Å². The van der Waals surface area contributed by atoms with E-state index in [-0.39, 0.29) is 10.8 Å². The maximum absolute atomic E-state index is 9.25. The molecule has 1 aliphatic carbocycles. The maximum atomic E-state index is 9.25. The van der Waals surface area contributed by atoms with Gasteiger partial charge in [0.15, 0.2) is 0 Å². The Morgan fingerprint density at radius 3 is 2.18 bits per heavy atom. The SMILES string of the molecule is CC(C)(C)c1ccc(NCC2(CO)CC2)cc1. The number of benzene rings is 1. The van der Waals surface area contributed by atoms with Crippen molar-refractivity contribution in [2.45, 2.75) is 39.0 Å². The van der Waals surface area contributed by atoms with Gasteiger partial charge in [0.05, 0.1) is 6.61 Å². The molecule has 0 radical (unpaired) electrons. The molecule has 0 saturated heterocycles. The molecule has 0 amide bonds. The van der Waals surface area contributed by atoms with Gasteiger partial charge >= 0.3 is 0 Å².